The normalized spacial score (nSPS) is 12.1. The van der Waals surface area contributed by atoms with E-state index in [0.717, 1.165) is 20.7 Å². The molecule has 0 aromatic heterocycles. The van der Waals surface area contributed by atoms with E-state index in [4.69, 9.17) is 0 Å². The zero-order valence-electron chi connectivity index (χ0n) is 15.3. The van der Waals surface area contributed by atoms with Crippen LogP contribution in [0.5, 0.6) is 0 Å². The van der Waals surface area contributed by atoms with Crippen LogP contribution in [0.3, 0.4) is 0 Å². The molecule has 0 heterocycles. The number of para-hydroxylation sites is 1. The Morgan fingerprint density at radius 2 is 1.68 bits per heavy atom. The van der Waals surface area contributed by atoms with Gasteiger partial charge in [0.1, 0.15) is 6.54 Å². The van der Waals surface area contributed by atoms with Crippen LogP contribution in [0.25, 0.3) is 0 Å². The molecule has 0 aliphatic heterocycles. The van der Waals surface area contributed by atoms with Crippen LogP contribution >= 0.6 is 0 Å². The summed E-state index contributed by atoms with van der Waals surface area (Å²) < 4.78 is 65.3. The lowest BCUT2D eigenvalue weighted by Gasteiger charge is -2.26. The molecule has 1 N–H and O–H groups in total. The van der Waals surface area contributed by atoms with E-state index < -0.39 is 34.4 Å². The van der Waals surface area contributed by atoms with Crippen molar-refractivity contribution in [3.8, 4) is 0 Å². The van der Waals surface area contributed by atoms with Gasteiger partial charge in [-0.2, -0.15) is 25.9 Å². The number of carbonyl (C=O) groups is 1. The van der Waals surface area contributed by atoms with Crippen molar-refractivity contribution in [2.24, 2.45) is 0 Å². The zero-order valence-corrected chi connectivity index (χ0v) is 16.1. The minimum atomic E-state index is -4.48. The molecule has 2 aromatic rings. The second-order valence-electron chi connectivity index (χ2n) is 6.11. The van der Waals surface area contributed by atoms with Crippen molar-refractivity contribution in [2.45, 2.75) is 12.7 Å². The summed E-state index contributed by atoms with van der Waals surface area (Å²) in [5, 5.41) is 2.46. The first kappa shape index (κ1) is 21.7. The molecule has 0 bridgehead atoms. The lowest BCUT2D eigenvalue weighted by molar-refractivity contribution is -0.137. The van der Waals surface area contributed by atoms with Gasteiger partial charge in [-0.25, -0.2) is 4.31 Å². The summed E-state index contributed by atoms with van der Waals surface area (Å²) >= 11 is 0. The van der Waals surface area contributed by atoms with Crippen LogP contribution in [0.4, 0.5) is 18.9 Å². The number of benzene rings is 2. The maximum Gasteiger partial charge on any atom is 0.416 e. The van der Waals surface area contributed by atoms with E-state index in [1.54, 1.807) is 30.3 Å². The molecule has 28 heavy (non-hydrogen) atoms. The van der Waals surface area contributed by atoms with Gasteiger partial charge in [0.25, 0.3) is 0 Å². The topological polar surface area (TPSA) is 69.7 Å². The Morgan fingerprint density at radius 3 is 2.25 bits per heavy atom. The van der Waals surface area contributed by atoms with Crippen LogP contribution < -0.4 is 9.62 Å². The van der Waals surface area contributed by atoms with Gasteiger partial charge in [0.2, 0.25) is 5.91 Å². The summed E-state index contributed by atoms with van der Waals surface area (Å²) in [4.78, 5) is 12.3. The molecule has 6 nitrogen and oxygen atoms in total. The second-order valence-corrected chi connectivity index (χ2v) is 8.17. The van der Waals surface area contributed by atoms with E-state index in [2.05, 4.69) is 5.32 Å². The predicted octanol–water partition coefficient (Wildman–Crippen LogP) is 2.63. The molecule has 152 valence electrons. The van der Waals surface area contributed by atoms with Crippen LogP contribution in [-0.2, 0) is 27.7 Å². The van der Waals surface area contributed by atoms with Crippen molar-refractivity contribution < 1.29 is 26.4 Å². The quantitative estimate of drug-likeness (QED) is 0.756. The third-order valence-corrected chi connectivity index (χ3v) is 5.64. The molecule has 0 aliphatic carbocycles. The largest absolute Gasteiger partial charge is 0.416 e. The lowest BCUT2D eigenvalue weighted by atomic mass is 10.1. The molecule has 10 heteroatoms. The number of carbonyl (C=O) groups excluding carboxylic acids is 1. The van der Waals surface area contributed by atoms with Gasteiger partial charge < -0.3 is 5.32 Å². The number of anilines is 1. The van der Waals surface area contributed by atoms with Gasteiger partial charge in [0.15, 0.2) is 0 Å². The molecule has 1 amide bonds. The molecular formula is C18H20F3N3O3S. The summed E-state index contributed by atoms with van der Waals surface area (Å²) in [6.45, 7) is -0.670. The Morgan fingerprint density at radius 1 is 1.04 bits per heavy atom. The molecule has 2 aromatic carbocycles. The Labute approximate surface area is 161 Å². The van der Waals surface area contributed by atoms with Crippen LogP contribution in [-0.4, -0.2) is 39.3 Å². The van der Waals surface area contributed by atoms with Crippen molar-refractivity contribution in [3.63, 3.8) is 0 Å². The summed E-state index contributed by atoms with van der Waals surface area (Å²) in [6, 6.07) is 12.6. The highest BCUT2D eigenvalue weighted by atomic mass is 32.2. The van der Waals surface area contributed by atoms with Gasteiger partial charge >= 0.3 is 16.4 Å². The first-order valence-corrected chi connectivity index (χ1v) is 9.59. The Balaban J connectivity index is 2.13. The third-order valence-electron chi connectivity index (χ3n) is 3.82. The molecule has 0 radical (unpaired) electrons. The Kier molecular flexibility index (Phi) is 6.68. The molecule has 0 saturated heterocycles. The van der Waals surface area contributed by atoms with E-state index in [1.807, 2.05) is 0 Å². The fourth-order valence-corrected chi connectivity index (χ4v) is 3.40. The molecule has 0 unspecified atom stereocenters. The fraction of sp³-hybridized carbons (Fsp3) is 0.278. The number of hydrogen-bond acceptors (Lipinski definition) is 3. The minimum absolute atomic E-state index is 0.159. The van der Waals surface area contributed by atoms with Crippen molar-refractivity contribution in [1.82, 2.24) is 9.62 Å². The van der Waals surface area contributed by atoms with Crippen molar-refractivity contribution >= 4 is 21.8 Å². The SMILES string of the molecule is CN(C)S(=O)(=O)N(CC(=O)NCc1cccc(C(F)(F)F)c1)c1ccccc1. The van der Waals surface area contributed by atoms with E-state index in [9.17, 15) is 26.4 Å². The first-order valence-electron chi connectivity index (χ1n) is 8.20. The van der Waals surface area contributed by atoms with Gasteiger partial charge in [0.05, 0.1) is 11.3 Å². The predicted molar refractivity (Wildman–Crippen MR) is 99.7 cm³/mol. The Bertz CT molecular complexity index is 916. The van der Waals surface area contributed by atoms with Crippen LogP contribution in [0.1, 0.15) is 11.1 Å². The molecular weight excluding hydrogens is 395 g/mol. The highest BCUT2D eigenvalue weighted by Gasteiger charge is 2.30. The van der Waals surface area contributed by atoms with Gasteiger partial charge in [0, 0.05) is 20.6 Å². The number of nitrogens with one attached hydrogen (secondary N) is 1. The number of nitrogens with zero attached hydrogens (tertiary/aromatic N) is 2. The first-order chi connectivity index (χ1) is 13.0. The van der Waals surface area contributed by atoms with E-state index in [0.29, 0.717) is 5.69 Å². The van der Waals surface area contributed by atoms with Gasteiger partial charge in [-0.3, -0.25) is 4.79 Å². The van der Waals surface area contributed by atoms with E-state index >= 15 is 0 Å². The average Bonchev–Trinajstić information content (AvgIpc) is 2.64. The number of rotatable bonds is 7. The molecule has 2 rings (SSSR count). The van der Waals surface area contributed by atoms with Gasteiger partial charge in [-0.15, -0.1) is 0 Å². The standard InChI is InChI=1S/C18H20F3N3O3S/c1-23(2)28(26,27)24(16-9-4-3-5-10-16)13-17(25)22-12-14-7-6-8-15(11-14)18(19,20)21/h3-11H,12-13H2,1-2H3,(H,22,25). The fourth-order valence-electron chi connectivity index (χ4n) is 2.34. The summed E-state index contributed by atoms with van der Waals surface area (Å²) in [5.41, 5.74) is -0.268. The monoisotopic (exact) mass is 415 g/mol. The highest BCUT2D eigenvalue weighted by Crippen LogP contribution is 2.29. The van der Waals surface area contributed by atoms with Gasteiger partial charge in [-0.05, 0) is 29.8 Å². The summed E-state index contributed by atoms with van der Waals surface area (Å²) in [7, 11) is -1.26. The lowest BCUT2D eigenvalue weighted by Crippen LogP contribution is -2.45. The summed E-state index contributed by atoms with van der Waals surface area (Å²) in [5.74, 6) is -0.647. The van der Waals surface area contributed by atoms with Crippen LogP contribution in [0.2, 0.25) is 0 Å². The average molecular weight is 415 g/mol. The minimum Gasteiger partial charge on any atom is -0.350 e. The molecule has 0 saturated carbocycles. The maximum absolute atomic E-state index is 12.8. The second kappa shape index (κ2) is 8.61. The molecule has 0 aliphatic rings. The number of halogens is 3. The smallest absolute Gasteiger partial charge is 0.350 e. The van der Waals surface area contributed by atoms with Crippen molar-refractivity contribution in [3.05, 3.63) is 65.7 Å². The van der Waals surface area contributed by atoms with Crippen LogP contribution in [0.15, 0.2) is 54.6 Å². The number of amides is 1. The Hall–Kier alpha value is -2.59. The zero-order chi connectivity index (χ0) is 20.9. The summed E-state index contributed by atoms with van der Waals surface area (Å²) in [6.07, 6.45) is -4.48. The number of hydrogen-bond donors (Lipinski definition) is 1. The highest BCUT2D eigenvalue weighted by molar-refractivity contribution is 7.90. The van der Waals surface area contributed by atoms with E-state index in [1.165, 1.54) is 26.2 Å². The van der Waals surface area contributed by atoms with Crippen molar-refractivity contribution in [2.75, 3.05) is 24.9 Å². The molecule has 0 atom stereocenters. The van der Waals surface area contributed by atoms with Gasteiger partial charge in [-0.1, -0.05) is 30.3 Å². The number of alkyl halides is 3. The third kappa shape index (κ3) is 5.46. The van der Waals surface area contributed by atoms with E-state index in [-0.39, 0.29) is 12.1 Å². The maximum atomic E-state index is 12.8. The van der Waals surface area contributed by atoms with Crippen LogP contribution in [0, 0.1) is 0 Å². The molecule has 0 spiro atoms. The van der Waals surface area contributed by atoms with Crippen molar-refractivity contribution in [1.29, 1.82) is 0 Å². The molecule has 0 fully saturated rings.